The number of hydrogen-bond acceptors (Lipinski definition) is 12. The van der Waals surface area contributed by atoms with Crippen LogP contribution >= 0.6 is 0 Å². The number of rotatable bonds is 21. The van der Waals surface area contributed by atoms with E-state index in [0.29, 0.717) is 55.0 Å². The van der Waals surface area contributed by atoms with Gasteiger partial charge in [-0.3, -0.25) is 9.59 Å². The van der Waals surface area contributed by atoms with Gasteiger partial charge in [-0.15, -0.1) is 0 Å². The number of hydrogen-bond donors (Lipinski definition) is 3. The minimum atomic E-state index is -0.909. The lowest BCUT2D eigenvalue weighted by Gasteiger charge is -2.32. The molecule has 0 bridgehead atoms. The van der Waals surface area contributed by atoms with Gasteiger partial charge in [0.1, 0.15) is 10.9 Å². The number of methoxy groups -OCH3 is 1. The van der Waals surface area contributed by atoms with E-state index in [0.717, 1.165) is 32.2 Å². The third-order valence-corrected chi connectivity index (χ3v) is 8.35. The van der Waals surface area contributed by atoms with Crippen LogP contribution in [-0.2, 0) is 28.5 Å². The number of aryl methyl sites for hydroxylation is 1. The van der Waals surface area contributed by atoms with Crippen molar-refractivity contribution in [3.63, 3.8) is 0 Å². The fourth-order valence-corrected chi connectivity index (χ4v) is 5.80. The number of benzene rings is 1. The molecular weight excluding hydrogens is 606 g/mol. The van der Waals surface area contributed by atoms with Gasteiger partial charge < -0.3 is 39.6 Å². The first-order valence-electron chi connectivity index (χ1n) is 16.5. The summed E-state index contributed by atoms with van der Waals surface area (Å²) in [6.45, 7) is 6.95. The van der Waals surface area contributed by atoms with Gasteiger partial charge >= 0.3 is 0 Å². The molecule has 0 radical (unpaired) electrons. The first-order chi connectivity index (χ1) is 22.9. The molecule has 3 atom stereocenters. The zero-order valence-corrected chi connectivity index (χ0v) is 28.0. The van der Waals surface area contributed by atoms with Gasteiger partial charge in [0.2, 0.25) is 12.2 Å². The zero-order chi connectivity index (χ0) is 33.5. The van der Waals surface area contributed by atoms with E-state index in [1.165, 1.54) is 7.11 Å². The SMILES string of the molecule is CC[C@]1(C2CCCC2)N=c2nc(NC(OCCOCCOCCNC)C(OC)OCCNC(=O)c3ccccc3)nc(C)c2=NC1=O. The van der Waals surface area contributed by atoms with Crippen molar-refractivity contribution in [1.29, 1.82) is 0 Å². The Morgan fingerprint density at radius 1 is 0.979 bits per heavy atom. The highest BCUT2D eigenvalue weighted by Crippen LogP contribution is 2.39. The smallest absolute Gasteiger partial charge is 0.274 e. The lowest BCUT2D eigenvalue weighted by Crippen LogP contribution is -2.52. The third-order valence-electron chi connectivity index (χ3n) is 8.35. The topological polar surface area (TPSA) is 167 Å². The number of carbonyl (C=O) groups is 2. The molecular formula is C33H49N7O7. The molecule has 2 aromatic rings. The molecule has 1 aliphatic carbocycles. The van der Waals surface area contributed by atoms with E-state index in [-0.39, 0.29) is 43.4 Å². The van der Waals surface area contributed by atoms with Crippen LogP contribution in [0.2, 0.25) is 0 Å². The lowest BCUT2D eigenvalue weighted by molar-refractivity contribution is -0.188. The van der Waals surface area contributed by atoms with Crippen molar-refractivity contribution in [1.82, 2.24) is 20.6 Å². The Labute approximate surface area is 276 Å². The van der Waals surface area contributed by atoms with Crippen molar-refractivity contribution in [2.45, 2.75) is 64.0 Å². The fraction of sp³-hybridized carbons (Fsp3) is 0.636. The quantitative estimate of drug-likeness (QED) is 0.131. The molecule has 258 valence electrons. The maximum atomic E-state index is 13.3. The fourth-order valence-electron chi connectivity index (χ4n) is 5.80. The first-order valence-corrected chi connectivity index (χ1v) is 16.5. The third kappa shape index (κ3) is 10.0. The Hall–Kier alpha value is -3.40. The molecule has 0 saturated heterocycles. The normalized spacial score (nSPS) is 19.0. The number of anilines is 1. The standard InChI is InChI=1S/C33H49N7O7/c1-5-33(25-13-9-10-14-25)31(42)37-26-23(2)36-32(38-27(26)40-33)39-29(46-22-21-45-20-19-44-17-15-34-3)30(43-4)47-18-16-35-28(41)24-11-7-6-8-12-24/h6-8,11-12,25,29-30,34H,5,9-10,13-22H2,1-4H3,(H,35,41)(H,38,39,40)/t29?,30?,33-/m1/s1. The van der Waals surface area contributed by atoms with E-state index in [9.17, 15) is 9.59 Å². The van der Waals surface area contributed by atoms with E-state index < -0.39 is 18.1 Å². The van der Waals surface area contributed by atoms with Gasteiger partial charge in [-0.05, 0) is 51.3 Å². The van der Waals surface area contributed by atoms with Gasteiger partial charge in [0.25, 0.3) is 11.8 Å². The average molecular weight is 656 g/mol. The van der Waals surface area contributed by atoms with Gasteiger partial charge in [0.15, 0.2) is 11.7 Å². The van der Waals surface area contributed by atoms with E-state index in [2.05, 4.69) is 25.9 Å². The minimum Gasteiger partial charge on any atom is -0.378 e. The maximum Gasteiger partial charge on any atom is 0.274 e. The summed E-state index contributed by atoms with van der Waals surface area (Å²) in [5, 5.41) is 9.45. The molecule has 2 aliphatic rings. The Morgan fingerprint density at radius 3 is 2.40 bits per heavy atom. The number of aromatic nitrogens is 2. The van der Waals surface area contributed by atoms with Crippen LogP contribution in [0.1, 0.15) is 55.1 Å². The number of nitrogens with zero attached hydrogens (tertiary/aromatic N) is 4. The number of amides is 2. The molecule has 1 saturated carbocycles. The highest BCUT2D eigenvalue weighted by atomic mass is 16.7. The number of fused-ring (bicyclic) bond motifs is 1. The van der Waals surface area contributed by atoms with Gasteiger partial charge in [-0.1, -0.05) is 38.0 Å². The number of carbonyl (C=O) groups excluding carboxylic acids is 2. The Kier molecular flexibility index (Phi) is 14.6. The number of likely N-dealkylation sites (N-methyl/N-ethyl adjacent to an activating group) is 1. The lowest BCUT2D eigenvalue weighted by atomic mass is 9.79. The maximum absolute atomic E-state index is 13.3. The minimum absolute atomic E-state index is 0.141. The monoisotopic (exact) mass is 655 g/mol. The first kappa shape index (κ1) is 36.4. The molecule has 0 spiro atoms. The predicted octanol–water partition coefficient (Wildman–Crippen LogP) is 1.33. The van der Waals surface area contributed by atoms with Crippen LogP contribution in [-0.4, -0.2) is 107 Å². The Morgan fingerprint density at radius 2 is 1.70 bits per heavy atom. The molecule has 4 rings (SSSR count). The highest BCUT2D eigenvalue weighted by Gasteiger charge is 2.46. The second-order valence-electron chi connectivity index (χ2n) is 11.5. The number of ether oxygens (including phenoxy) is 5. The van der Waals surface area contributed by atoms with Gasteiger partial charge in [0.05, 0.1) is 45.3 Å². The second kappa shape index (κ2) is 18.8. The van der Waals surface area contributed by atoms with Crippen molar-refractivity contribution >= 4 is 17.8 Å². The van der Waals surface area contributed by atoms with Gasteiger partial charge in [-0.25, -0.2) is 15.0 Å². The summed E-state index contributed by atoms with van der Waals surface area (Å²) in [5.41, 5.74) is 0.551. The van der Waals surface area contributed by atoms with Gasteiger partial charge in [0, 0.05) is 25.8 Å². The van der Waals surface area contributed by atoms with Crippen molar-refractivity contribution in [3.8, 4) is 0 Å². The molecule has 1 fully saturated rings. The van der Waals surface area contributed by atoms with Crippen molar-refractivity contribution in [2.75, 3.05) is 72.2 Å². The van der Waals surface area contributed by atoms with Crippen molar-refractivity contribution in [3.05, 3.63) is 52.4 Å². The zero-order valence-electron chi connectivity index (χ0n) is 28.0. The average Bonchev–Trinajstić information content (AvgIpc) is 3.63. The van der Waals surface area contributed by atoms with Crippen molar-refractivity contribution in [2.24, 2.45) is 15.9 Å². The number of nitrogens with one attached hydrogen (secondary N) is 3. The highest BCUT2D eigenvalue weighted by molar-refractivity contribution is 5.94. The summed E-state index contributed by atoms with van der Waals surface area (Å²) in [5.74, 6) is -0.0416. The summed E-state index contributed by atoms with van der Waals surface area (Å²) >= 11 is 0. The van der Waals surface area contributed by atoms with E-state index in [4.69, 9.17) is 33.7 Å². The van der Waals surface area contributed by atoms with E-state index >= 15 is 0 Å². The van der Waals surface area contributed by atoms with Crippen LogP contribution in [0.3, 0.4) is 0 Å². The van der Waals surface area contributed by atoms with Crippen LogP contribution in [0.15, 0.2) is 40.3 Å². The summed E-state index contributed by atoms with van der Waals surface area (Å²) < 4.78 is 28.9. The molecule has 2 unspecified atom stereocenters. The molecule has 1 aromatic carbocycles. The van der Waals surface area contributed by atoms with Crippen LogP contribution in [0, 0.1) is 12.8 Å². The predicted molar refractivity (Wildman–Crippen MR) is 174 cm³/mol. The Bertz CT molecular complexity index is 1410. The molecule has 2 amide bonds. The molecule has 1 aliphatic heterocycles. The van der Waals surface area contributed by atoms with Crippen LogP contribution in [0.5, 0.6) is 0 Å². The molecule has 14 heteroatoms. The molecule has 2 heterocycles. The van der Waals surface area contributed by atoms with E-state index in [1.807, 2.05) is 20.0 Å². The van der Waals surface area contributed by atoms with Gasteiger partial charge in [-0.2, -0.15) is 4.98 Å². The molecule has 14 nitrogen and oxygen atoms in total. The summed E-state index contributed by atoms with van der Waals surface area (Å²) in [6.07, 6.45) is 2.85. The van der Waals surface area contributed by atoms with Crippen LogP contribution < -0.4 is 26.8 Å². The Balaban J connectivity index is 1.45. The second-order valence-corrected chi connectivity index (χ2v) is 11.5. The van der Waals surface area contributed by atoms with Crippen LogP contribution in [0.4, 0.5) is 5.95 Å². The molecule has 1 aromatic heterocycles. The summed E-state index contributed by atoms with van der Waals surface area (Å²) in [4.78, 5) is 44.4. The van der Waals surface area contributed by atoms with Crippen LogP contribution in [0.25, 0.3) is 0 Å². The van der Waals surface area contributed by atoms with E-state index in [1.54, 1.807) is 31.2 Å². The largest absolute Gasteiger partial charge is 0.378 e. The van der Waals surface area contributed by atoms with Crippen molar-refractivity contribution < 1.29 is 33.3 Å². The summed E-state index contributed by atoms with van der Waals surface area (Å²) in [7, 11) is 3.37. The molecule has 3 N–H and O–H groups in total. The molecule has 47 heavy (non-hydrogen) atoms. The summed E-state index contributed by atoms with van der Waals surface area (Å²) in [6, 6.07) is 8.95.